The molecule has 0 spiro atoms. The molecule has 0 unspecified atom stereocenters. The third kappa shape index (κ3) is 6.87. The standard InChI is InChI=1S/C32H26N2O2S/c35-32(27-12-9-24(10-13-27)11-18-28-6-4-5-23-33-28)34-37-31-21-16-26(17-22-31)25-14-19-30(20-15-25)36-29-7-2-1-3-8-29/h1-10,12-17,19-23H,11,18H2,(H,34,35). The molecule has 0 aliphatic heterocycles. The topological polar surface area (TPSA) is 51.2 Å². The van der Waals surface area contributed by atoms with E-state index in [-0.39, 0.29) is 5.91 Å². The van der Waals surface area contributed by atoms with Gasteiger partial charge in [-0.1, -0.05) is 60.7 Å². The van der Waals surface area contributed by atoms with Crippen molar-refractivity contribution in [3.05, 3.63) is 144 Å². The molecule has 0 radical (unpaired) electrons. The zero-order valence-electron chi connectivity index (χ0n) is 20.2. The van der Waals surface area contributed by atoms with E-state index in [1.807, 2.05) is 115 Å². The van der Waals surface area contributed by atoms with Gasteiger partial charge < -0.3 is 4.74 Å². The summed E-state index contributed by atoms with van der Waals surface area (Å²) in [5.41, 5.74) is 5.10. The monoisotopic (exact) mass is 502 g/mol. The molecule has 182 valence electrons. The van der Waals surface area contributed by atoms with E-state index < -0.39 is 0 Å². The van der Waals surface area contributed by atoms with Crippen molar-refractivity contribution in [2.75, 3.05) is 0 Å². The zero-order chi connectivity index (χ0) is 25.3. The van der Waals surface area contributed by atoms with Crippen molar-refractivity contribution in [1.82, 2.24) is 9.71 Å². The van der Waals surface area contributed by atoms with Crippen LogP contribution in [0.4, 0.5) is 0 Å². The molecule has 0 bridgehead atoms. The van der Waals surface area contributed by atoms with Crippen molar-refractivity contribution in [2.24, 2.45) is 0 Å². The van der Waals surface area contributed by atoms with E-state index in [9.17, 15) is 4.79 Å². The molecule has 0 saturated heterocycles. The van der Waals surface area contributed by atoms with Crippen molar-refractivity contribution in [2.45, 2.75) is 17.7 Å². The van der Waals surface area contributed by atoms with Crippen LogP contribution in [0.15, 0.2) is 132 Å². The van der Waals surface area contributed by atoms with Gasteiger partial charge in [0.15, 0.2) is 0 Å². The SMILES string of the molecule is O=C(NSc1ccc(-c2ccc(Oc3ccccc3)cc2)cc1)c1ccc(CCc2ccccn2)cc1. The third-order valence-electron chi connectivity index (χ3n) is 5.89. The lowest BCUT2D eigenvalue weighted by Gasteiger charge is -2.08. The molecule has 0 aliphatic carbocycles. The third-order valence-corrected chi connectivity index (χ3v) is 6.69. The maximum atomic E-state index is 12.6. The Morgan fingerprint density at radius 2 is 1.32 bits per heavy atom. The first-order chi connectivity index (χ1) is 18.2. The number of carbonyl (C=O) groups excluding carboxylic acids is 1. The Hall–Kier alpha value is -4.35. The Labute approximate surface area is 221 Å². The first kappa shape index (κ1) is 24.3. The van der Waals surface area contributed by atoms with Gasteiger partial charge in [-0.3, -0.25) is 14.5 Å². The highest BCUT2D eigenvalue weighted by atomic mass is 32.2. The highest BCUT2D eigenvalue weighted by Crippen LogP contribution is 2.27. The van der Waals surface area contributed by atoms with Gasteiger partial charge in [-0.15, -0.1) is 0 Å². The first-order valence-electron chi connectivity index (χ1n) is 12.1. The van der Waals surface area contributed by atoms with Crippen LogP contribution in [0.3, 0.4) is 0 Å². The van der Waals surface area contributed by atoms with E-state index in [1.54, 1.807) is 0 Å². The predicted octanol–water partition coefficient (Wildman–Crippen LogP) is 7.76. The smallest absolute Gasteiger partial charge is 0.261 e. The van der Waals surface area contributed by atoms with Crippen LogP contribution in [0.25, 0.3) is 11.1 Å². The summed E-state index contributed by atoms with van der Waals surface area (Å²) in [5, 5.41) is 0. The molecular weight excluding hydrogens is 476 g/mol. The summed E-state index contributed by atoms with van der Waals surface area (Å²) in [7, 11) is 0. The van der Waals surface area contributed by atoms with Crippen molar-refractivity contribution in [1.29, 1.82) is 0 Å². The minimum Gasteiger partial charge on any atom is -0.457 e. The lowest BCUT2D eigenvalue weighted by atomic mass is 10.1. The fourth-order valence-corrected chi connectivity index (χ4v) is 4.46. The molecular formula is C32H26N2O2S. The van der Waals surface area contributed by atoms with Gasteiger partial charge in [0.1, 0.15) is 11.5 Å². The number of hydrogen-bond donors (Lipinski definition) is 1. The lowest BCUT2D eigenvalue weighted by molar-refractivity contribution is 0.0984. The number of nitrogens with zero attached hydrogens (tertiary/aromatic N) is 1. The fourth-order valence-electron chi connectivity index (χ4n) is 3.86. The summed E-state index contributed by atoms with van der Waals surface area (Å²) < 4.78 is 8.80. The number of ether oxygens (including phenoxy) is 1. The van der Waals surface area contributed by atoms with E-state index in [0.717, 1.165) is 46.1 Å². The molecule has 5 rings (SSSR count). The summed E-state index contributed by atoms with van der Waals surface area (Å²) in [6.07, 6.45) is 3.58. The Bertz CT molecular complexity index is 1420. The number of benzene rings is 4. The molecule has 5 aromatic rings. The highest BCUT2D eigenvalue weighted by Gasteiger charge is 2.07. The summed E-state index contributed by atoms with van der Waals surface area (Å²) in [6.45, 7) is 0. The van der Waals surface area contributed by atoms with Crippen LogP contribution in [-0.2, 0) is 12.8 Å². The second-order valence-electron chi connectivity index (χ2n) is 8.52. The Morgan fingerprint density at radius 3 is 2.00 bits per heavy atom. The van der Waals surface area contributed by atoms with E-state index in [2.05, 4.69) is 21.8 Å². The minimum absolute atomic E-state index is 0.112. The zero-order valence-corrected chi connectivity index (χ0v) is 21.0. The molecule has 4 nitrogen and oxygen atoms in total. The molecule has 0 atom stereocenters. The number of hydrogen-bond acceptors (Lipinski definition) is 4. The van der Waals surface area contributed by atoms with Crippen LogP contribution in [0, 0.1) is 0 Å². The fraction of sp³-hybridized carbons (Fsp3) is 0.0625. The van der Waals surface area contributed by atoms with Crippen LogP contribution in [0.2, 0.25) is 0 Å². The Morgan fingerprint density at radius 1 is 0.676 bits per heavy atom. The second kappa shape index (κ2) is 12.1. The summed E-state index contributed by atoms with van der Waals surface area (Å²) in [5.74, 6) is 1.50. The molecule has 0 saturated carbocycles. The van der Waals surface area contributed by atoms with E-state index in [1.165, 1.54) is 17.5 Å². The normalized spacial score (nSPS) is 10.6. The van der Waals surface area contributed by atoms with Gasteiger partial charge in [0, 0.05) is 22.3 Å². The van der Waals surface area contributed by atoms with Crippen LogP contribution >= 0.6 is 11.9 Å². The number of amides is 1. The summed E-state index contributed by atoms with van der Waals surface area (Å²) in [6, 6.07) is 39.6. The van der Waals surface area contributed by atoms with Gasteiger partial charge in [0.25, 0.3) is 5.91 Å². The van der Waals surface area contributed by atoms with Gasteiger partial charge in [-0.25, -0.2) is 0 Å². The minimum atomic E-state index is -0.112. The molecule has 1 amide bonds. The maximum Gasteiger partial charge on any atom is 0.261 e. The van der Waals surface area contributed by atoms with Gasteiger partial charge >= 0.3 is 0 Å². The molecule has 4 aromatic carbocycles. The van der Waals surface area contributed by atoms with Gasteiger partial charge in [-0.2, -0.15) is 0 Å². The molecule has 0 fully saturated rings. The van der Waals surface area contributed by atoms with Crippen LogP contribution in [-0.4, -0.2) is 10.9 Å². The molecule has 1 heterocycles. The molecule has 37 heavy (non-hydrogen) atoms. The van der Waals surface area contributed by atoms with Crippen molar-refractivity contribution in [3.63, 3.8) is 0 Å². The maximum absolute atomic E-state index is 12.6. The molecule has 5 heteroatoms. The van der Waals surface area contributed by atoms with E-state index in [4.69, 9.17) is 4.74 Å². The highest BCUT2D eigenvalue weighted by molar-refractivity contribution is 7.98. The second-order valence-corrected chi connectivity index (χ2v) is 9.39. The van der Waals surface area contributed by atoms with E-state index in [0.29, 0.717) is 5.56 Å². The number of para-hydroxylation sites is 1. The van der Waals surface area contributed by atoms with E-state index >= 15 is 0 Å². The lowest BCUT2D eigenvalue weighted by Crippen LogP contribution is -2.15. The van der Waals surface area contributed by atoms with Gasteiger partial charge in [0.2, 0.25) is 0 Å². The number of aromatic nitrogens is 1. The molecule has 1 aromatic heterocycles. The Balaban J connectivity index is 1.12. The van der Waals surface area contributed by atoms with Gasteiger partial charge in [-0.05, 0) is 102 Å². The van der Waals surface area contributed by atoms with Crippen molar-refractivity contribution < 1.29 is 9.53 Å². The molecule has 0 aliphatic rings. The van der Waals surface area contributed by atoms with Crippen molar-refractivity contribution in [3.8, 4) is 22.6 Å². The summed E-state index contributed by atoms with van der Waals surface area (Å²) in [4.78, 5) is 17.9. The number of pyridine rings is 1. The quantitative estimate of drug-likeness (QED) is 0.209. The molecule has 1 N–H and O–H groups in total. The first-order valence-corrected chi connectivity index (χ1v) is 12.9. The number of aryl methyl sites for hydroxylation is 2. The van der Waals surface area contributed by atoms with Crippen LogP contribution in [0.1, 0.15) is 21.6 Å². The number of rotatable bonds is 9. The average Bonchev–Trinajstić information content (AvgIpc) is 2.97. The summed E-state index contributed by atoms with van der Waals surface area (Å²) >= 11 is 1.31. The average molecular weight is 503 g/mol. The van der Waals surface area contributed by atoms with Gasteiger partial charge in [0.05, 0.1) is 0 Å². The van der Waals surface area contributed by atoms with Crippen LogP contribution in [0.5, 0.6) is 11.5 Å². The largest absolute Gasteiger partial charge is 0.457 e. The van der Waals surface area contributed by atoms with Crippen LogP contribution < -0.4 is 9.46 Å². The number of carbonyl (C=O) groups is 1. The predicted molar refractivity (Wildman–Crippen MR) is 150 cm³/mol. The number of nitrogens with one attached hydrogen (secondary N) is 1. The van der Waals surface area contributed by atoms with Crippen molar-refractivity contribution >= 4 is 17.9 Å². The Kier molecular flexibility index (Phi) is 7.94.